The number of amides is 1. The third kappa shape index (κ3) is 5.65. The van der Waals surface area contributed by atoms with Gasteiger partial charge >= 0.3 is 5.97 Å². The Kier molecular flexibility index (Phi) is 6.58. The van der Waals surface area contributed by atoms with Crippen LogP contribution in [0.1, 0.15) is 6.92 Å². The highest BCUT2D eigenvalue weighted by molar-refractivity contribution is 5.95. The zero-order valence-electron chi connectivity index (χ0n) is 15.8. The molecule has 0 aromatic heterocycles. The molecule has 0 bridgehead atoms. The van der Waals surface area contributed by atoms with Crippen molar-refractivity contribution >= 4 is 17.6 Å². The SMILES string of the molecule is C[C@H](OC(=O)COc1ccccc1-c1ccccc1)C(=O)Nc1ccc(F)cc1. The van der Waals surface area contributed by atoms with Crippen LogP contribution in [0.4, 0.5) is 10.1 Å². The minimum Gasteiger partial charge on any atom is -0.481 e. The van der Waals surface area contributed by atoms with Gasteiger partial charge in [-0.1, -0.05) is 48.5 Å². The Bertz CT molecular complexity index is 974. The van der Waals surface area contributed by atoms with Crippen molar-refractivity contribution in [1.82, 2.24) is 0 Å². The Balaban J connectivity index is 1.55. The van der Waals surface area contributed by atoms with E-state index >= 15 is 0 Å². The number of ether oxygens (including phenoxy) is 2. The van der Waals surface area contributed by atoms with Gasteiger partial charge in [-0.05, 0) is 42.8 Å². The first-order chi connectivity index (χ1) is 14.0. The second-order valence-electron chi connectivity index (χ2n) is 6.28. The van der Waals surface area contributed by atoms with Crippen molar-refractivity contribution in [3.63, 3.8) is 0 Å². The van der Waals surface area contributed by atoms with E-state index < -0.39 is 23.8 Å². The molecule has 1 atom stereocenters. The van der Waals surface area contributed by atoms with E-state index in [9.17, 15) is 14.0 Å². The van der Waals surface area contributed by atoms with E-state index in [4.69, 9.17) is 9.47 Å². The molecular weight excluding hydrogens is 373 g/mol. The predicted molar refractivity (Wildman–Crippen MR) is 108 cm³/mol. The molecule has 148 valence electrons. The van der Waals surface area contributed by atoms with Crippen molar-refractivity contribution in [1.29, 1.82) is 0 Å². The summed E-state index contributed by atoms with van der Waals surface area (Å²) in [5, 5.41) is 2.56. The molecule has 1 N–H and O–H groups in total. The lowest BCUT2D eigenvalue weighted by atomic mass is 10.1. The van der Waals surface area contributed by atoms with E-state index in [1.807, 2.05) is 48.5 Å². The summed E-state index contributed by atoms with van der Waals surface area (Å²) >= 11 is 0. The Labute approximate surface area is 168 Å². The maximum atomic E-state index is 12.9. The monoisotopic (exact) mass is 393 g/mol. The van der Waals surface area contributed by atoms with E-state index in [-0.39, 0.29) is 6.61 Å². The third-order valence-corrected chi connectivity index (χ3v) is 4.11. The maximum Gasteiger partial charge on any atom is 0.344 e. The highest BCUT2D eigenvalue weighted by Gasteiger charge is 2.19. The van der Waals surface area contributed by atoms with Crippen molar-refractivity contribution in [2.24, 2.45) is 0 Å². The molecule has 0 aliphatic rings. The fraction of sp³-hybridized carbons (Fsp3) is 0.130. The van der Waals surface area contributed by atoms with E-state index in [2.05, 4.69) is 5.32 Å². The first kappa shape index (κ1) is 20.1. The molecule has 0 saturated heterocycles. The number of hydrogen-bond acceptors (Lipinski definition) is 4. The third-order valence-electron chi connectivity index (χ3n) is 4.11. The molecule has 0 fully saturated rings. The maximum absolute atomic E-state index is 12.9. The summed E-state index contributed by atoms with van der Waals surface area (Å²) in [6.07, 6.45) is -1.03. The van der Waals surface area contributed by atoms with Gasteiger partial charge < -0.3 is 14.8 Å². The predicted octanol–water partition coefficient (Wildman–Crippen LogP) is 4.44. The van der Waals surface area contributed by atoms with Crippen LogP contribution in [0, 0.1) is 5.82 Å². The van der Waals surface area contributed by atoms with Crippen LogP contribution in [0.15, 0.2) is 78.9 Å². The van der Waals surface area contributed by atoms with Gasteiger partial charge in [0.25, 0.3) is 5.91 Å². The van der Waals surface area contributed by atoms with E-state index in [1.165, 1.54) is 31.2 Å². The number of halogens is 1. The lowest BCUT2D eigenvalue weighted by Gasteiger charge is -2.15. The number of carbonyl (C=O) groups is 2. The average molecular weight is 393 g/mol. The summed E-state index contributed by atoms with van der Waals surface area (Å²) in [5.74, 6) is -1.06. The van der Waals surface area contributed by atoms with Crippen molar-refractivity contribution in [2.75, 3.05) is 11.9 Å². The van der Waals surface area contributed by atoms with Crippen LogP contribution in [-0.2, 0) is 14.3 Å². The molecule has 0 heterocycles. The standard InChI is InChI=1S/C23H20FNO4/c1-16(23(27)25-19-13-11-18(24)12-14-19)29-22(26)15-28-21-10-6-5-9-20(21)17-7-3-2-4-8-17/h2-14,16H,15H2,1H3,(H,25,27)/t16-/m0/s1. The Hall–Kier alpha value is -3.67. The van der Waals surface area contributed by atoms with Gasteiger partial charge in [-0.3, -0.25) is 4.79 Å². The molecule has 0 radical (unpaired) electrons. The van der Waals surface area contributed by atoms with Gasteiger partial charge in [0.15, 0.2) is 12.7 Å². The van der Waals surface area contributed by atoms with Crippen LogP contribution in [0.5, 0.6) is 5.75 Å². The van der Waals surface area contributed by atoms with Crippen LogP contribution in [0.25, 0.3) is 11.1 Å². The van der Waals surface area contributed by atoms with E-state index in [1.54, 1.807) is 6.07 Å². The quantitative estimate of drug-likeness (QED) is 0.603. The van der Waals surface area contributed by atoms with Crippen molar-refractivity contribution in [3.05, 3.63) is 84.7 Å². The van der Waals surface area contributed by atoms with E-state index in [0.29, 0.717) is 11.4 Å². The summed E-state index contributed by atoms with van der Waals surface area (Å²) in [6, 6.07) is 22.3. The number of hydrogen-bond donors (Lipinski definition) is 1. The number of para-hydroxylation sites is 1. The molecule has 3 rings (SSSR count). The van der Waals surface area contributed by atoms with Gasteiger partial charge in [0.1, 0.15) is 11.6 Å². The molecule has 0 aliphatic carbocycles. The number of rotatable bonds is 7. The number of esters is 1. The fourth-order valence-electron chi connectivity index (χ4n) is 2.65. The molecule has 0 unspecified atom stereocenters. The highest BCUT2D eigenvalue weighted by Crippen LogP contribution is 2.29. The Morgan fingerprint density at radius 2 is 1.59 bits per heavy atom. The van der Waals surface area contributed by atoms with Gasteiger partial charge in [0.2, 0.25) is 0 Å². The summed E-state index contributed by atoms with van der Waals surface area (Å²) in [4.78, 5) is 24.2. The smallest absolute Gasteiger partial charge is 0.344 e. The largest absolute Gasteiger partial charge is 0.481 e. The van der Waals surface area contributed by atoms with Gasteiger partial charge in [0, 0.05) is 11.3 Å². The van der Waals surface area contributed by atoms with Gasteiger partial charge in [-0.25, -0.2) is 9.18 Å². The molecule has 0 aliphatic heterocycles. The van der Waals surface area contributed by atoms with Crippen molar-refractivity contribution < 1.29 is 23.5 Å². The number of carbonyl (C=O) groups excluding carboxylic acids is 2. The molecule has 3 aromatic rings. The Morgan fingerprint density at radius 3 is 2.31 bits per heavy atom. The molecule has 6 heteroatoms. The first-order valence-electron chi connectivity index (χ1n) is 9.06. The molecule has 0 saturated carbocycles. The topological polar surface area (TPSA) is 64.6 Å². The normalized spacial score (nSPS) is 11.4. The molecule has 1 amide bonds. The lowest BCUT2D eigenvalue weighted by molar-refractivity contribution is -0.155. The van der Waals surface area contributed by atoms with Crippen LogP contribution in [0.2, 0.25) is 0 Å². The number of anilines is 1. The molecule has 29 heavy (non-hydrogen) atoms. The van der Waals surface area contributed by atoms with Crippen LogP contribution in [-0.4, -0.2) is 24.6 Å². The molecule has 0 spiro atoms. The van der Waals surface area contributed by atoms with E-state index in [0.717, 1.165) is 11.1 Å². The van der Waals surface area contributed by atoms with Crippen LogP contribution < -0.4 is 10.1 Å². The van der Waals surface area contributed by atoms with Crippen LogP contribution >= 0.6 is 0 Å². The minimum atomic E-state index is -1.03. The average Bonchev–Trinajstić information content (AvgIpc) is 2.74. The number of nitrogens with one attached hydrogen (secondary N) is 1. The fourth-order valence-corrected chi connectivity index (χ4v) is 2.65. The van der Waals surface area contributed by atoms with Crippen LogP contribution in [0.3, 0.4) is 0 Å². The van der Waals surface area contributed by atoms with Gasteiger partial charge in [-0.2, -0.15) is 0 Å². The molecule has 3 aromatic carbocycles. The first-order valence-corrected chi connectivity index (χ1v) is 9.06. The summed E-state index contributed by atoms with van der Waals surface area (Å²) in [6.45, 7) is 1.12. The van der Waals surface area contributed by atoms with Gasteiger partial charge in [-0.15, -0.1) is 0 Å². The Morgan fingerprint density at radius 1 is 0.931 bits per heavy atom. The molecule has 5 nitrogen and oxygen atoms in total. The summed E-state index contributed by atoms with van der Waals surface area (Å²) in [5.41, 5.74) is 2.22. The zero-order valence-corrected chi connectivity index (χ0v) is 15.8. The van der Waals surface area contributed by atoms with Gasteiger partial charge in [0.05, 0.1) is 0 Å². The van der Waals surface area contributed by atoms with Crippen molar-refractivity contribution in [3.8, 4) is 16.9 Å². The summed E-state index contributed by atoms with van der Waals surface area (Å²) < 4.78 is 23.7. The summed E-state index contributed by atoms with van der Waals surface area (Å²) in [7, 11) is 0. The number of benzene rings is 3. The van der Waals surface area contributed by atoms with Crippen molar-refractivity contribution in [2.45, 2.75) is 13.0 Å². The lowest BCUT2D eigenvalue weighted by Crippen LogP contribution is -2.31. The second-order valence-corrected chi connectivity index (χ2v) is 6.28. The minimum absolute atomic E-state index is 0.335. The molecular formula is C23H20FNO4. The zero-order chi connectivity index (χ0) is 20.6. The highest BCUT2D eigenvalue weighted by atomic mass is 19.1. The second kappa shape index (κ2) is 9.50.